The van der Waals surface area contributed by atoms with E-state index in [9.17, 15) is 4.79 Å². The highest BCUT2D eigenvalue weighted by molar-refractivity contribution is 5.82. The smallest absolute Gasteiger partial charge is 0.256 e. The third-order valence-electron chi connectivity index (χ3n) is 3.24. The molecule has 2 aliphatic rings. The summed E-state index contributed by atoms with van der Waals surface area (Å²) in [5.74, 6) is -0.0350. The summed E-state index contributed by atoms with van der Waals surface area (Å²) in [7, 11) is 0. The van der Waals surface area contributed by atoms with E-state index in [1.807, 2.05) is 6.92 Å². The fraction of sp³-hybridized carbons (Fsp3) is 0.900. The van der Waals surface area contributed by atoms with Gasteiger partial charge in [-0.05, 0) is 19.8 Å². The number of carbonyl (C=O) groups excluding carboxylic acids is 1. The van der Waals surface area contributed by atoms with Gasteiger partial charge in [0.05, 0.1) is 25.2 Å². The van der Waals surface area contributed by atoms with Crippen LogP contribution in [0.5, 0.6) is 0 Å². The molecule has 0 aliphatic carbocycles. The van der Waals surface area contributed by atoms with Crippen molar-refractivity contribution >= 4 is 5.91 Å². The summed E-state index contributed by atoms with van der Waals surface area (Å²) < 4.78 is 5.26. The molecule has 0 radical (unpaired) electrons. The van der Waals surface area contributed by atoms with Gasteiger partial charge in [0.2, 0.25) is 0 Å². The lowest BCUT2D eigenvalue weighted by molar-refractivity contribution is -0.206. The van der Waals surface area contributed by atoms with Crippen LogP contribution in [0.2, 0.25) is 0 Å². The number of hydrogen-bond acceptors (Lipinski definition) is 4. The third kappa shape index (κ3) is 1.87. The molecule has 5 nitrogen and oxygen atoms in total. The lowest BCUT2D eigenvalue weighted by Gasteiger charge is -2.34. The van der Waals surface area contributed by atoms with Crippen molar-refractivity contribution < 1.29 is 14.4 Å². The minimum Gasteiger partial charge on any atom is -0.379 e. The van der Waals surface area contributed by atoms with Gasteiger partial charge in [-0.15, -0.1) is 0 Å². The number of nitrogens with zero attached hydrogens (tertiary/aromatic N) is 1. The number of hydroxylamine groups is 2. The molecule has 2 heterocycles. The second-order valence-electron chi connectivity index (χ2n) is 4.49. The molecule has 2 fully saturated rings. The van der Waals surface area contributed by atoms with E-state index in [4.69, 9.17) is 15.3 Å². The minimum atomic E-state index is -0.614. The number of amides is 1. The molecule has 2 N–H and O–H groups in total. The van der Waals surface area contributed by atoms with Crippen LogP contribution < -0.4 is 5.73 Å². The third-order valence-corrected chi connectivity index (χ3v) is 3.24. The summed E-state index contributed by atoms with van der Waals surface area (Å²) in [6, 6.07) is -0.226. The maximum Gasteiger partial charge on any atom is 0.256 e. The molecule has 15 heavy (non-hydrogen) atoms. The molecule has 2 unspecified atom stereocenters. The zero-order valence-electron chi connectivity index (χ0n) is 9.07. The largest absolute Gasteiger partial charge is 0.379 e. The summed E-state index contributed by atoms with van der Waals surface area (Å²) in [6.45, 7) is 3.99. The first-order valence-corrected chi connectivity index (χ1v) is 5.43. The predicted molar refractivity (Wildman–Crippen MR) is 53.8 cm³/mol. The molecule has 0 spiro atoms. The van der Waals surface area contributed by atoms with Gasteiger partial charge in [-0.3, -0.25) is 9.63 Å². The number of rotatable bonds is 1. The Hall–Kier alpha value is -0.650. The van der Waals surface area contributed by atoms with Gasteiger partial charge in [-0.1, -0.05) is 0 Å². The van der Waals surface area contributed by atoms with Crippen LogP contribution in [0.4, 0.5) is 0 Å². The zero-order chi connectivity index (χ0) is 10.9. The molecule has 0 aromatic heterocycles. The van der Waals surface area contributed by atoms with Gasteiger partial charge in [0, 0.05) is 12.6 Å². The van der Waals surface area contributed by atoms with Crippen LogP contribution in [0.15, 0.2) is 0 Å². The van der Waals surface area contributed by atoms with Gasteiger partial charge in [-0.25, -0.2) is 5.06 Å². The molecule has 2 saturated heterocycles. The summed E-state index contributed by atoms with van der Waals surface area (Å²) in [4.78, 5) is 17.5. The van der Waals surface area contributed by atoms with Crippen molar-refractivity contribution in [3.8, 4) is 0 Å². The van der Waals surface area contributed by atoms with Crippen molar-refractivity contribution in [2.75, 3.05) is 26.4 Å². The quantitative estimate of drug-likeness (QED) is 0.662. The SMILES string of the molecule is CC1(C(=O)N2CCCCO2)COCC1N. The Kier molecular flexibility index (Phi) is 2.95. The first-order chi connectivity index (χ1) is 7.14. The summed E-state index contributed by atoms with van der Waals surface area (Å²) in [5, 5.41) is 1.46. The van der Waals surface area contributed by atoms with Crippen LogP contribution >= 0.6 is 0 Å². The van der Waals surface area contributed by atoms with Gasteiger partial charge in [0.25, 0.3) is 5.91 Å². The van der Waals surface area contributed by atoms with Crippen LogP contribution in [0, 0.1) is 5.41 Å². The first kappa shape index (κ1) is 10.9. The lowest BCUT2D eigenvalue weighted by Crippen LogP contribution is -2.52. The molecule has 2 aliphatic heterocycles. The summed E-state index contributed by atoms with van der Waals surface area (Å²) >= 11 is 0. The average molecular weight is 214 g/mol. The molecule has 1 amide bonds. The van der Waals surface area contributed by atoms with E-state index in [0.717, 1.165) is 12.8 Å². The van der Waals surface area contributed by atoms with Gasteiger partial charge in [0.1, 0.15) is 0 Å². The van der Waals surface area contributed by atoms with E-state index < -0.39 is 5.41 Å². The number of hydrogen-bond donors (Lipinski definition) is 1. The van der Waals surface area contributed by atoms with Crippen molar-refractivity contribution in [2.24, 2.45) is 11.1 Å². The van der Waals surface area contributed by atoms with Crippen molar-refractivity contribution in [3.63, 3.8) is 0 Å². The molecule has 0 aromatic rings. The number of carbonyl (C=O) groups is 1. The monoisotopic (exact) mass is 214 g/mol. The average Bonchev–Trinajstić information content (AvgIpc) is 2.61. The first-order valence-electron chi connectivity index (χ1n) is 5.43. The molecule has 0 bridgehead atoms. The maximum atomic E-state index is 12.2. The lowest BCUT2D eigenvalue weighted by atomic mass is 9.84. The minimum absolute atomic E-state index is 0.0350. The second kappa shape index (κ2) is 4.08. The van der Waals surface area contributed by atoms with E-state index in [-0.39, 0.29) is 11.9 Å². The standard InChI is InChI=1S/C10H18N2O3/c1-10(7-14-6-8(10)11)9(13)12-4-2-3-5-15-12/h8H,2-7,11H2,1H3. The number of nitrogens with two attached hydrogens (primary N) is 1. The van der Waals surface area contributed by atoms with Gasteiger partial charge < -0.3 is 10.5 Å². The Balaban J connectivity index is 2.05. The van der Waals surface area contributed by atoms with Gasteiger partial charge in [-0.2, -0.15) is 0 Å². The van der Waals surface area contributed by atoms with Gasteiger partial charge >= 0.3 is 0 Å². The topological polar surface area (TPSA) is 64.8 Å². The highest BCUT2D eigenvalue weighted by atomic mass is 16.7. The highest BCUT2D eigenvalue weighted by Gasteiger charge is 2.47. The van der Waals surface area contributed by atoms with Crippen LogP contribution in [0.25, 0.3) is 0 Å². The molecular formula is C10H18N2O3. The Morgan fingerprint density at radius 2 is 2.33 bits per heavy atom. The number of ether oxygens (including phenoxy) is 1. The Morgan fingerprint density at radius 1 is 1.53 bits per heavy atom. The van der Waals surface area contributed by atoms with Crippen LogP contribution in [-0.2, 0) is 14.4 Å². The molecule has 2 atom stereocenters. The predicted octanol–water partition coefficient (Wildman–Crippen LogP) is -0.0958. The van der Waals surface area contributed by atoms with Crippen LogP contribution in [0.1, 0.15) is 19.8 Å². The van der Waals surface area contributed by atoms with Crippen LogP contribution in [0.3, 0.4) is 0 Å². The second-order valence-corrected chi connectivity index (χ2v) is 4.49. The molecule has 2 rings (SSSR count). The van der Waals surface area contributed by atoms with E-state index in [1.54, 1.807) is 0 Å². The van der Waals surface area contributed by atoms with Crippen molar-refractivity contribution in [3.05, 3.63) is 0 Å². The van der Waals surface area contributed by atoms with Crippen LogP contribution in [-0.4, -0.2) is 43.4 Å². The van der Waals surface area contributed by atoms with E-state index in [1.165, 1.54) is 5.06 Å². The fourth-order valence-electron chi connectivity index (χ4n) is 1.95. The van der Waals surface area contributed by atoms with E-state index in [0.29, 0.717) is 26.4 Å². The highest BCUT2D eigenvalue weighted by Crippen LogP contribution is 2.30. The molecular weight excluding hydrogens is 196 g/mol. The molecule has 0 saturated carbocycles. The Morgan fingerprint density at radius 3 is 2.87 bits per heavy atom. The van der Waals surface area contributed by atoms with E-state index in [2.05, 4.69) is 0 Å². The molecule has 86 valence electrons. The van der Waals surface area contributed by atoms with Crippen molar-refractivity contribution in [2.45, 2.75) is 25.8 Å². The molecule has 0 aromatic carbocycles. The zero-order valence-corrected chi connectivity index (χ0v) is 9.07. The fourth-order valence-corrected chi connectivity index (χ4v) is 1.95. The summed E-state index contributed by atoms with van der Waals surface area (Å²) in [5.41, 5.74) is 5.28. The molecule has 5 heteroatoms. The normalized spacial score (nSPS) is 36.9. The van der Waals surface area contributed by atoms with Crippen molar-refractivity contribution in [1.82, 2.24) is 5.06 Å². The van der Waals surface area contributed by atoms with Gasteiger partial charge in [0.15, 0.2) is 0 Å². The Labute approximate surface area is 89.5 Å². The summed E-state index contributed by atoms with van der Waals surface area (Å²) in [6.07, 6.45) is 2.01. The Bertz CT molecular complexity index is 253. The maximum absolute atomic E-state index is 12.2. The van der Waals surface area contributed by atoms with E-state index >= 15 is 0 Å². The van der Waals surface area contributed by atoms with Crippen molar-refractivity contribution in [1.29, 1.82) is 0 Å².